The van der Waals surface area contributed by atoms with E-state index in [0.29, 0.717) is 35.9 Å². The van der Waals surface area contributed by atoms with Gasteiger partial charge in [-0.25, -0.2) is 4.79 Å². The molecule has 172 valence electrons. The minimum atomic E-state index is -0.443. The summed E-state index contributed by atoms with van der Waals surface area (Å²) in [6.07, 6.45) is 1.63. The van der Waals surface area contributed by atoms with E-state index in [1.54, 1.807) is 24.3 Å². The highest BCUT2D eigenvalue weighted by Gasteiger charge is 2.23. The van der Waals surface area contributed by atoms with Crippen molar-refractivity contribution < 1.29 is 18.8 Å². The van der Waals surface area contributed by atoms with Gasteiger partial charge in [0.05, 0.1) is 12.7 Å². The monoisotopic (exact) mass is 448 g/mol. The van der Waals surface area contributed by atoms with Gasteiger partial charge in [-0.05, 0) is 38.1 Å². The van der Waals surface area contributed by atoms with E-state index in [4.69, 9.17) is 9.26 Å². The Morgan fingerprint density at radius 3 is 2.48 bits per heavy atom. The lowest BCUT2D eigenvalue weighted by atomic mass is 10.1. The fourth-order valence-corrected chi connectivity index (χ4v) is 3.88. The number of carbonyl (C=O) groups excluding carboxylic acids is 2. The SMILES string of the molecule is COC(=O)c1cccc(C(=O)N2CCN(CCCc3nc(-c4ccc(C)cc4)no3)CC2)c1. The number of aryl methyl sites for hydroxylation is 2. The number of piperazine rings is 1. The molecule has 1 amide bonds. The van der Waals surface area contributed by atoms with Gasteiger partial charge in [0.25, 0.3) is 5.91 Å². The molecule has 33 heavy (non-hydrogen) atoms. The predicted molar refractivity (Wildman–Crippen MR) is 123 cm³/mol. The van der Waals surface area contributed by atoms with Gasteiger partial charge >= 0.3 is 5.97 Å². The molecule has 1 aliphatic heterocycles. The summed E-state index contributed by atoms with van der Waals surface area (Å²) in [5.41, 5.74) is 3.04. The number of carbonyl (C=O) groups is 2. The van der Waals surface area contributed by atoms with E-state index < -0.39 is 5.97 Å². The summed E-state index contributed by atoms with van der Waals surface area (Å²) in [5, 5.41) is 4.09. The number of methoxy groups -OCH3 is 1. The van der Waals surface area contributed by atoms with Crippen LogP contribution >= 0.6 is 0 Å². The van der Waals surface area contributed by atoms with Crippen LogP contribution in [-0.2, 0) is 11.2 Å². The van der Waals surface area contributed by atoms with Crippen LogP contribution in [0.15, 0.2) is 53.1 Å². The van der Waals surface area contributed by atoms with Crippen LogP contribution in [0.3, 0.4) is 0 Å². The fourth-order valence-electron chi connectivity index (χ4n) is 3.88. The van der Waals surface area contributed by atoms with E-state index in [-0.39, 0.29) is 5.91 Å². The predicted octanol–water partition coefficient (Wildman–Crippen LogP) is 3.22. The van der Waals surface area contributed by atoms with Crippen molar-refractivity contribution in [3.63, 3.8) is 0 Å². The first-order valence-corrected chi connectivity index (χ1v) is 11.1. The Morgan fingerprint density at radius 2 is 1.76 bits per heavy atom. The number of rotatable bonds is 7. The maximum absolute atomic E-state index is 12.8. The molecular weight excluding hydrogens is 420 g/mol. The lowest BCUT2D eigenvalue weighted by Crippen LogP contribution is -2.48. The average Bonchev–Trinajstić information content (AvgIpc) is 3.33. The molecule has 8 heteroatoms. The number of nitrogens with zero attached hydrogens (tertiary/aromatic N) is 4. The minimum Gasteiger partial charge on any atom is -0.465 e. The Morgan fingerprint density at radius 1 is 1.03 bits per heavy atom. The molecule has 0 N–H and O–H groups in total. The second-order valence-electron chi connectivity index (χ2n) is 8.19. The van der Waals surface area contributed by atoms with Gasteiger partial charge < -0.3 is 14.2 Å². The molecule has 0 atom stereocenters. The number of esters is 1. The largest absolute Gasteiger partial charge is 0.465 e. The lowest BCUT2D eigenvalue weighted by molar-refractivity contribution is 0.0600. The summed E-state index contributed by atoms with van der Waals surface area (Å²) in [6, 6.07) is 14.7. The normalized spacial score (nSPS) is 14.3. The topological polar surface area (TPSA) is 88.8 Å². The summed E-state index contributed by atoms with van der Waals surface area (Å²) < 4.78 is 10.1. The summed E-state index contributed by atoms with van der Waals surface area (Å²) in [5.74, 6) is 0.759. The molecule has 0 unspecified atom stereocenters. The second kappa shape index (κ2) is 10.4. The van der Waals surface area contributed by atoms with Gasteiger partial charge in [-0.15, -0.1) is 0 Å². The zero-order valence-corrected chi connectivity index (χ0v) is 19.0. The Bertz CT molecular complexity index is 1100. The summed E-state index contributed by atoms with van der Waals surface area (Å²) >= 11 is 0. The van der Waals surface area contributed by atoms with E-state index in [0.717, 1.165) is 38.0 Å². The second-order valence-corrected chi connectivity index (χ2v) is 8.19. The molecule has 8 nitrogen and oxygen atoms in total. The third kappa shape index (κ3) is 5.64. The Hall–Kier alpha value is -3.52. The van der Waals surface area contributed by atoms with E-state index in [1.807, 2.05) is 36.1 Å². The third-order valence-corrected chi connectivity index (χ3v) is 5.83. The van der Waals surface area contributed by atoms with Gasteiger partial charge in [-0.2, -0.15) is 4.98 Å². The highest BCUT2D eigenvalue weighted by molar-refractivity contribution is 5.98. The molecule has 3 aromatic rings. The maximum Gasteiger partial charge on any atom is 0.337 e. The Labute approximate surface area is 193 Å². The molecule has 0 spiro atoms. The molecule has 1 saturated heterocycles. The number of amides is 1. The van der Waals surface area contributed by atoms with Crippen molar-refractivity contribution >= 4 is 11.9 Å². The van der Waals surface area contributed by atoms with E-state index in [1.165, 1.54) is 12.7 Å². The smallest absolute Gasteiger partial charge is 0.337 e. The van der Waals surface area contributed by atoms with Crippen LogP contribution in [0.5, 0.6) is 0 Å². The minimum absolute atomic E-state index is 0.0603. The van der Waals surface area contributed by atoms with Crippen LogP contribution in [0.1, 0.15) is 38.6 Å². The number of hydrogen-bond acceptors (Lipinski definition) is 7. The number of hydrogen-bond donors (Lipinski definition) is 0. The van der Waals surface area contributed by atoms with Gasteiger partial charge in [-0.3, -0.25) is 9.69 Å². The molecule has 0 bridgehead atoms. The molecule has 1 aliphatic rings. The molecule has 2 heterocycles. The summed E-state index contributed by atoms with van der Waals surface area (Å²) in [7, 11) is 1.33. The first-order chi connectivity index (χ1) is 16.0. The van der Waals surface area contributed by atoms with Crippen molar-refractivity contribution in [3.05, 3.63) is 71.1 Å². The number of aromatic nitrogens is 2. The van der Waals surface area contributed by atoms with Crippen LogP contribution in [0.2, 0.25) is 0 Å². The summed E-state index contributed by atoms with van der Waals surface area (Å²) in [4.78, 5) is 33.2. The van der Waals surface area contributed by atoms with Crippen LogP contribution in [0.4, 0.5) is 0 Å². The summed E-state index contributed by atoms with van der Waals surface area (Å²) in [6.45, 7) is 5.87. The standard InChI is InChI=1S/C25H28N4O4/c1-18-8-10-19(11-9-18)23-26-22(33-27-23)7-4-12-28-13-15-29(16-14-28)24(30)20-5-3-6-21(17-20)25(31)32-2/h3,5-6,8-11,17H,4,7,12-16H2,1-2H3. The average molecular weight is 449 g/mol. The van der Waals surface area contributed by atoms with Gasteiger partial charge in [0, 0.05) is 43.7 Å². The van der Waals surface area contributed by atoms with Crippen LogP contribution < -0.4 is 0 Å². The van der Waals surface area contributed by atoms with Crippen molar-refractivity contribution in [1.82, 2.24) is 19.9 Å². The van der Waals surface area contributed by atoms with Crippen molar-refractivity contribution in [3.8, 4) is 11.4 Å². The first-order valence-electron chi connectivity index (χ1n) is 11.1. The maximum atomic E-state index is 12.8. The molecule has 0 aliphatic carbocycles. The van der Waals surface area contributed by atoms with Crippen molar-refractivity contribution in [1.29, 1.82) is 0 Å². The lowest BCUT2D eigenvalue weighted by Gasteiger charge is -2.34. The van der Waals surface area contributed by atoms with E-state index in [9.17, 15) is 9.59 Å². The van der Waals surface area contributed by atoms with Crippen molar-refractivity contribution in [2.75, 3.05) is 39.8 Å². The Kier molecular flexibility index (Phi) is 7.14. The van der Waals surface area contributed by atoms with Gasteiger partial charge in [0.2, 0.25) is 11.7 Å². The van der Waals surface area contributed by atoms with Crippen molar-refractivity contribution in [2.45, 2.75) is 19.8 Å². The van der Waals surface area contributed by atoms with Crippen LogP contribution in [-0.4, -0.2) is 71.7 Å². The van der Waals surface area contributed by atoms with Gasteiger partial charge in [-0.1, -0.05) is 41.1 Å². The van der Waals surface area contributed by atoms with E-state index in [2.05, 4.69) is 15.0 Å². The third-order valence-electron chi connectivity index (χ3n) is 5.83. The quantitative estimate of drug-likeness (QED) is 0.513. The van der Waals surface area contributed by atoms with Crippen LogP contribution in [0.25, 0.3) is 11.4 Å². The molecule has 2 aromatic carbocycles. The van der Waals surface area contributed by atoms with Crippen molar-refractivity contribution in [2.24, 2.45) is 0 Å². The molecule has 0 radical (unpaired) electrons. The zero-order chi connectivity index (χ0) is 23.2. The highest BCUT2D eigenvalue weighted by atomic mass is 16.5. The molecular formula is C25H28N4O4. The number of benzene rings is 2. The molecule has 1 aromatic heterocycles. The number of ether oxygens (including phenoxy) is 1. The van der Waals surface area contributed by atoms with Gasteiger partial charge in [0.15, 0.2) is 0 Å². The molecule has 0 saturated carbocycles. The Balaban J connectivity index is 1.23. The van der Waals surface area contributed by atoms with E-state index >= 15 is 0 Å². The highest BCUT2D eigenvalue weighted by Crippen LogP contribution is 2.17. The first kappa shape index (κ1) is 22.7. The molecule has 4 rings (SSSR count). The molecule has 1 fully saturated rings. The fraction of sp³-hybridized carbons (Fsp3) is 0.360. The van der Waals surface area contributed by atoms with Crippen LogP contribution in [0, 0.1) is 6.92 Å². The zero-order valence-electron chi connectivity index (χ0n) is 19.0. The van der Waals surface area contributed by atoms with Gasteiger partial charge in [0.1, 0.15) is 0 Å².